The number of hydrogen-bond acceptors (Lipinski definition) is 6. The fourth-order valence-corrected chi connectivity index (χ4v) is 3.94. The summed E-state index contributed by atoms with van der Waals surface area (Å²) in [5, 5.41) is 7.87. The smallest absolute Gasteiger partial charge is 0.384 e. The molecule has 0 bridgehead atoms. The first-order chi connectivity index (χ1) is 12.1. The van der Waals surface area contributed by atoms with Crippen LogP contribution < -0.4 is 10.5 Å². The lowest BCUT2D eigenvalue weighted by Gasteiger charge is -2.26. The third-order valence-corrected chi connectivity index (χ3v) is 6.09. The Labute approximate surface area is 152 Å². The molecule has 1 atom stereocenters. The third kappa shape index (κ3) is 5.16. The molecule has 1 saturated heterocycles. The maximum absolute atomic E-state index is 12.9. The second-order valence-electron chi connectivity index (χ2n) is 5.64. The van der Waals surface area contributed by atoms with Crippen molar-refractivity contribution in [3.8, 4) is 0 Å². The van der Waals surface area contributed by atoms with Crippen LogP contribution in [0.25, 0.3) is 0 Å². The number of nitrogens with one attached hydrogen (secondary N) is 1. The standard InChI is InChI=1S/C14H20F3N3O4S2/c15-14(16,17)26(22,23)13-10-11(25(18)21)2-3-12(13)19-4-1-5-20-6-8-24-9-7-20/h2-3,10,19H,1,4-9,18H2. The molecule has 1 fully saturated rings. The molecular formula is C14H20F3N3O4S2. The second-order valence-corrected chi connectivity index (χ2v) is 8.61. The van der Waals surface area contributed by atoms with Crippen molar-refractivity contribution in [3.63, 3.8) is 0 Å². The van der Waals surface area contributed by atoms with E-state index in [0.717, 1.165) is 19.2 Å². The van der Waals surface area contributed by atoms with Crippen molar-refractivity contribution < 1.29 is 30.5 Å². The SMILES string of the molecule is NS(=O)c1ccc(NCCCN2CCOCC2)c(S(=O)(=O)C(F)(F)F)c1. The van der Waals surface area contributed by atoms with Crippen molar-refractivity contribution in [2.45, 2.75) is 21.7 Å². The van der Waals surface area contributed by atoms with Crippen LogP contribution in [0, 0.1) is 0 Å². The molecule has 12 heteroatoms. The van der Waals surface area contributed by atoms with E-state index in [-0.39, 0.29) is 17.1 Å². The first kappa shape index (κ1) is 21.1. The minimum Gasteiger partial charge on any atom is -0.384 e. The zero-order valence-electron chi connectivity index (χ0n) is 13.8. The maximum Gasteiger partial charge on any atom is 0.501 e. The number of anilines is 1. The van der Waals surface area contributed by atoms with Crippen molar-refractivity contribution in [3.05, 3.63) is 18.2 Å². The minimum atomic E-state index is -5.60. The molecule has 1 heterocycles. The average Bonchev–Trinajstić information content (AvgIpc) is 2.58. The Hall–Kier alpha value is -1.21. The van der Waals surface area contributed by atoms with Gasteiger partial charge in [-0.05, 0) is 31.2 Å². The summed E-state index contributed by atoms with van der Waals surface area (Å²) in [6.45, 7) is 3.83. The number of ether oxygens (including phenoxy) is 1. The highest BCUT2D eigenvalue weighted by Gasteiger charge is 2.48. The second kappa shape index (κ2) is 8.65. The Morgan fingerprint density at radius 1 is 1.27 bits per heavy atom. The van der Waals surface area contributed by atoms with Crippen molar-refractivity contribution in [2.75, 3.05) is 44.7 Å². The van der Waals surface area contributed by atoms with Gasteiger partial charge in [-0.15, -0.1) is 0 Å². The number of hydrogen-bond donors (Lipinski definition) is 2. The lowest BCUT2D eigenvalue weighted by atomic mass is 10.3. The van der Waals surface area contributed by atoms with Gasteiger partial charge in [-0.3, -0.25) is 4.90 Å². The van der Waals surface area contributed by atoms with Gasteiger partial charge in [0.05, 0.1) is 23.8 Å². The number of rotatable bonds is 7. The average molecular weight is 415 g/mol. The van der Waals surface area contributed by atoms with Gasteiger partial charge in [0.2, 0.25) is 0 Å². The summed E-state index contributed by atoms with van der Waals surface area (Å²) < 4.78 is 78.9. The normalized spacial score (nSPS) is 17.8. The van der Waals surface area contributed by atoms with Gasteiger partial charge in [-0.25, -0.2) is 17.8 Å². The monoisotopic (exact) mass is 415 g/mol. The Morgan fingerprint density at radius 3 is 2.50 bits per heavy atom. The van der Waals surface area contributed by atoms with E-state index >= 15 is 0 Å². The summed E-state index contributed by atoms with van der Waals surface area (Å²) in [6, 6.07) is 3.08. The molecule has 148 valence electrons. The third-order valence-electron chi connectivity index (χ3n) is 3.85. The van der Waals surface area contributed by atoms with Crippen LogP contribution in [0.3, 0.4) is 0 Å². The predicted molar refractivity (Wildman–Crippen MR) is 90.6 cm³/mol. The number of nitrogens with two attached hydrogens (primary N) is 1. The van der Waals surface area contributed by atoms with Crippen molar-refractivity contribution in [1.82, 2.24) is 4.90 Å². The molecule has 0 aromatic heterocycles. The molecule has 0 spiro atoms. The van der Waals surface area contributed by atoms with Gasteiger partial charge in [-0.2, -0.15) is 13.2 Å². The Balaban J connectivity index is 2.12. The largest absolute Gasteiger partial charge is 0.501 e. The Morgan fingerprint density at radius 2 is 1.92 bits per heavy atom. The number of morpholine rings is 1. The highest BCUT2D eigenvalue weighted by atomic mass is 32.2. The molecule has 1 unspecified atom stereocenters. The van der Waals surface area contributed by atoms with Gasteiger partial charge in [0.15, 0.2) is 0 Å². The Kier molecular flexibility index (Phi) is 7.02. The fourth-order valence-electron chi connectivity index (χ4n) is 2.47. The highest BCUT2D eigenvalue weighted by Crippen LogP contribution is 2.35. The molecule has 0 radical (unpaired) electrons. The zero-order valence-corrected chi connectivity index (χ0v) is 15.4. The summed E-state index contributed by atoms with van der Waals surface area (Å²) in [4.78, 5) is 0.971. The van der Waals surface area contributed by atoms with E-state index in [9.17, 15) is 25.8 Å². The fraction of sp³-hybridized carbons (Fsp3) is 0.571. The van der Waals surface area contributed by atoms with E-state index in [0.29, 0.717) is 32.2 Å². The lowest BCUT2D eigenvalue weighted by molar-refractivity contribution is -0.0435. The molecule has 3 N–H and O–H groups in total. The lowest BCUT2D eigenvalue weighted by Crippen LogP contribution is -2.37. The van der Waals surface area contributed by atoms with Crippen LogP contribution in [0.5, 0.6) is 0 Å². The number of nitrogens with zero attached hydrogens (tertiary/aromatic N) is 1. The summed E-state index contributed by atoms with van der Waals surface area (Å²) in [5.41, 5.74) is -5.66. The molecule has 1 aromatic rings. The topological polar surface area (TPSA) is 102 Å². The van der Waals surface area contributed by atoms with E-state index in [1.54, 1.807) is 0 Å². The molecular weight excluding hydrogens is 395 g/mol. The molecule has 0 amide bonds. The quantitative estimate of drug-likeness (QED) is 0.647. The van der Waals surface area contributed by atoms with E-state index in [4.69, 9.17) is 9.88 Å². The predicted octanol–water partition coefficient (Wildman–Crippen LogP) is 1.10. The van der Waals surface area contributed by atoms with Gasteiger partial charge in [0, 0.05) is 19.6 Å². The minimum absolute atomic E-state index is 0.196. The summed E-state index contributed by atoms with van der Waals surface area (Å²) >= 11 is 0. The summed E-state index contributed by atoms with van der Waals surface area (Å²) in [6.07, 6.45) is 0.607. The molecule has 26 heavy (non-hydrogen) atoms. The molecule has 0 saturated carbocycles. The zero-order chi connectivity index (χ0) is 19.4. The molecule has 2 rings (SSSR count). The summed E-state index contributed by atoms with van der Waals surface area (Å²) in [5.74, 6) is 0. The van der Waals surface area contributed by atoms with Gasteiger partial charge in [0.25, 0.3) is 9.84 Å². The van der Waals surface area contributed by atoms with E-state index in [1.807, 2.05) is 0 Å². The van der Waals surface area contributed by atoms with Crippen LogP contribution >= 0.6 is 0 Å². The first-order valence-electron chi connectivity index (χ1n) is 7.78. The van der Waals surface area contributed by atoms with E-state index in [2.05, 4.69) is 10.2 Å². The van der Waals surface area contributed by atoms with Crippen molar-refractivity contribution in [1.29, 1.82) is 0 Å². The van der Waals surface area contributed by atoms with Crippen LogP contribution in [-0.4, -0.2) is 62.4 Å². The van der Waals surface area contributed by atoms with Crippen molar-refractivity contribution in [2.24, 2.45) is 5.14 Å². The van der Waals surface area contributed by atoms with Crippen LogP contribution in [0.4, 0.5) is 18.9 Å². The van der Waals surface area contributed by atoms with Crippen molar-refractivity contribution >= 4 is 26.5 Å². The Bertz CT molecular complexity index is 750. The van der Waals surface area contributed by atoms with Crippen LogP contribution in [0.2, 0.25) is 0 Å². The van der Waals surface area contributed by atoms with Gasteiger partial charge < -0.3 is 10.1 Å². The maximum atomic E-state index is 12.9. The molecule has 7 nitrogen and oxygen atoms in total. The van der Waals surface area contributed by atoms with Gasteiger partial charge in [-0.1, -0.05) is 0 Å². The van der Waals surface area contributed by atoms with E-state index < -0.39 is 31.2 Å². The van der Waals surface area contributed by atoms with Gasteiger partial charge in [0.1, 0.15) is 15.9 Å². The highest BCUT2D eigenvalue weighted by molar-refractivity contribution is 7.92. The first-order valence-corrected chi connectivity index (χ1v) is 10.5. The van der Waals surface area contributed by atoms with Crippen LogP contribution in [-0.2, 0) is 25.6 Å². The van der Waals surface area contributed by atoms with Crippen LogP contribution in [0.1, 0.15) is 6.42 Å². The number of halogens is 3. The van der Waals surface area contributed by atoms with Crippen LogP contribution in [0.15, 0.2) is 28.0 Å². The summed E-state index contributed by atoms with van der Waals surface area (Å²) in [7, 11) is -7.70. The van der Waals surface area contributed by atoms with E-state index in [1.165, 1.54) is 6.07 Å². The molecule has 1 aliphatic heterocycles. The number of alkyl halides is 3. The van der Waals surface area contributed by atoms with Gasteiger partial charge >= 0.3 is 5.51 Å². The molecule has 0 aliphatic carbocycles. The molecule has 1 aliphatic rings. The molecule has 1 aromatic carbocycles. The number of sulfone groups is 1. The number of benzene rings is 1.